The van der Waals surface area contributed by atoms with Gasteiger partial charge in [-0.05, 0) is 40.5 Å². The van der Waals surface area contributed by atoms with E-state index in [4.69, 9.17) is 9.26 Å². The summed E-state index contributed by atoms with van der Waals surface area (Å²) >= 11 is 0. The Labute approximate surface area is 196 Å². The highest BCUT2D eigenvalue weighted by molar-refractivity contribution is 14.0. The molecule has 0 spiro atoms. The van der Waals surface area contributed by atoms with Crippen LogP contribution in [0.3, 0.4) is 0 Å². The summed E-state index contributed by atoms with van der Waals surface area (Å²) in [4.78, 5) is 23.1. The minimum Gasteiger partial charge on any atom is -0.444 e. The molecule has 0 aromatic carbocycles. The van der Waals surface area contributed by atoms with E-state index in [2.05, 4.69) is 25.8 Å². The first-order chi connectivity index (χ1) is 13.7. The van der Waals surface area contributed by atoms with E-state index in [0.717, 1.165) is 37.7 Å². The predicted molar refractivity (Wildman–Crippen MR) is 127 cm³/mol. The lowest BCUT2D eigenvalue weighted by Crippen LogP contribution is -2.53. The Morgan fingerprint density at radius 2 is 2.13 bits per heavy atom. The second-order valence-electron chi connectivity index (χ2n) is 8.62. The molecular weight excluding hydrogens is 499 g/mol. The van der Waals surface area contributed by atoms with Gasteiger partial charge in [-0.1, -0.05) is 19.0 Å². The first kappa shape index (κ1) is 26.4. The van der Waals surface area contributed by atoms with E-state index in [1.807, 2.05) is 41.5 Å². The zero-order chi connectivity index (χ0) is 21.4. The topological polar surface area (TPSA) is 105 Å². The Kier molecular flexibility index (Phi) is 10.9. The molecule has 1 aliphatic rings. The number of nitrogens with one attached hydrogen (secondary N) is 2. The van der Waals surface area contributed by atoms with Crippen LogP contribution >= 0.6 is 24.0 Å². The van der Waals surface area contributed by atoms with Gasteiger partial charge >= 0.3 is 6.09 Å². The molecule has 1 fully saturated rings. The number of likely N-dealkylation sites (tertiary alicyclic amines) is 1. The molecule has 0 bridgehead atoms. The Bertz CT molecular complexity index is 686. The normalized spacial score (nSPS) is 17.5. The number of halogens is 1. The Morgan fingerprint density at radius 3 is 2.73 bits per heavy atom. The summed E-state index contributed by atoms with van der Waals surface area (Å²) in [5.41, 5.74) is -0.488. The van der Waals surface area contributed by atoms with Gasteiger partial charge in [0.2, 0.25) is 5.89 Å². The number of nitrogens with zero attached hydrogens (tertiary/aromatic N) is 4. The minimum absolute atomic E-state index is 0. The van der Waals surface area contributed by atoms with Gasteiger partial charge in [0, 0.05) is 38.0 Å². The van der Waals surface area contributed by atoms with Crippen molar-refractivity contribution in [3.8, 4) is 0 Å². The maximum absolute atomic E-state index is 12.4. The molecule has 9 nitrogen and oxygen atoms in total. The third-order valence-corrected chi connectivity index (χ3v) is 4.35. The Hall–Kier alpha value is -1.59. The van der Waals surface area contributed by atoms with Crippen LogP contribution in [0.1, 0.15) is 72.0 Å². The summed E-state index contributed by atoms with van der Waals surface area (Å²) < 4.78 is 10.8. The van der Waals surface area contributed by atoms with Crippen LogP contribution in [-0.4, -0.2) is 64.9 Å². The molecule has 1 saturated heterocycles. The maximum Gasteiger partial charge on any atom is 0.410 e. The molecule has 10 heteroatoms. The van der Waals surface area contributed by atoms with Gasteiger partial charge in [-0.15, -0.1) is 24.0 Å². The number of hydrogen-bond donors (Lipinski definition) is 2. The van der Waals surface area contributed by atoms with Crippen molar-refractivity contribution in [1.82, 2.24) is 25.7 Å². The first-order valence-corrected chi connectivity index (χ1v) is 10.5. The average molecular weight is 536 g/mol. The van der Waals surface area contributed by atoms with Crippen molar-refractivity contribution in [2.24, 2.45) is 4.99 Å². The molecule has 1 aromatic heterocycles. The van der Waals surface area contributed by atoms with E-state index in [1.165, 1.54) is 0 Å². The molecule has 2 heterocycles. The molecule has 1 amide bonds. The molecule has 0 saturated carbocycles. The highest BCUT2D eigenvalue weighted by Gasteiger charge is 2.28. The number of aliphatic imine (C=N–C) groups is 1. The van der Waals surface area contributed by atoms with Gasteiger partial charge in [-0.3, -0.25) is 4.99 Å². The monoisotopic (exact) mass is 536 g/mol. The van der Waals surface area contributed by atoms with Crippen molar-refractivity contribution in [1.29, 1.82) is 0 Å². The van der Waals surface area contributed by atoms with Gasteiger partial charge in [0.1, 0.15) is 5.60 Å². The van der Waals surface area contributed by atoms with E-state index in [0.29, 0.717) is 25.4 Å². The number of guanidine groups is 1. The predicted octanol–water partition coefficient (Wildman–Crippen LogP) is 3.31. The van der Waals surface area contributed by atoms with Crippen molar-refractivity contribution in [3.05, 3.63) is 11.7 Å². The molecule has 1 unspecified atom stereocenters. The van der Waals surface area contributed by atoms with Crippen LogP contribution in [0.5, 0.6) is 0 Å². The molecular formula is C20H37IN6O3. The van der Waals surface area contributed by atoms with Crippen LogP contribution in [0.15, 0.2) is 9.52 Å². The van der Waals surface area contributed by atoms with Crippen LogP contribution in [0, 0.1) is 0 Å². The first-order valence-electron chi connectivity index (χ1n) is 10.5. The van der Waals surface area contributed by atoms with Crippen LogP contribution < -0.4 is 10.6 Å². The largest absolute Gasteiger partial charge is 0.444 e. The molecule has 30 heavy (non-hydrogen) atoms. The van der Waals surface area contributed by atoms with E-state index < -0.39 is 5.60 Å². The van der Waals surface area contributed by atoms with E-state index in [-0.39, 0.29) is 42.0 Å². The number of piperidine rings is 1. The van der Waals surface area contributed by atoms with Gasteiger partial charge in [0.05, 0.1) is 6.54 Å². The number of rotatable bonds is 6. The van der Waals surface area contributed by atoms with Crippen LogP contribution in [0.25, 0.3) is 0 Å². The molecule has 2 N–H and O–H groups in total. The van der Waals surface area contributed by atoms with Gasteiger partial charge in [0.15, 0.2) is 11.8 Å². The number of ether oxygens (including phenoxy) is 1. The van der Waals surface area contributed by atoms with Crippen LogP contribution in [0.2, 0.25) is 0 Å². The van der Waals surface area contributed by atoms with E-state index >= 15 is 0 Å². The van der Waals surface area contributed by atoms with Gasteiger partial charge in [0.25, 0.3) is 0 Å². The number of carbonyl (C=O) groups excluding carboxylic acids is 1. The van der Waals surface area contributed by atoms with Crippen molar-refractivity contribution in [2.75, 3.05) is 26.2 Å². The van der Waals surface area contributed by atoms with E-state index in [9.17, 15) is 4.79 Å². The summed E-state index contributed by atoms with van der Waals surface area (Å²) in [6.45, 7) is 14.4. The van der Waals surface area contributed by atoms with Gasteiger partial charge < -0.3 is 24.8 Å². The highest BCUT2D eigenvalue weighted by atomic mass is 127. The van der Waals surface area contributed by atoms with E-state index in [1.54, 1.807) is 4.90 Å². The third kappa shape index (κ3) is 9.05. The lowest BCUT2D eigenvalue weighted by molar-refractivity contribution is 0.0193. The van der Waals surface area contributed by atoms with Crippen molar-refractivity contribution >= 4 is 36.0 Å². The van der Waals surface area contributed by atoms with Crippen LogP contribution in [-0.2, 0) is 11.2 Å². The summed E-state index contributed by atoms with van der Waals surface area (Å²) in [5, 5.41) is 10.7. The summed E-state index contributed by atoms with van der Waals surface area (Å²) in [7, 11) is 0. The fourth-order valence-electron chi connectivity index (χ4n) is 2.97. The summed E-state index contributed by atoms with van der Waals surface area (Å²) in [6.07, 6.45) is 2.23. The third-order valence-electron chi connectivity index (χ3n) is 4.35. The van der Waals surface area contributed by atoms with Crippen molar-refractivity contribution in [3.63, 3.8) is 0 Å². The lowest BCUT2D eigenvalue weighted by Gasteiger charge is -2.35. The lowest BCUT2D eigenvalue weighted by atomic mass is 10.1. The van der Waals surface area contributed by atoms with Crippen molar-refractivity contribution < 1.29 is 14.1 Å². The number of hydrogen-bond acceptors (Lipinski definition) is 6. The standard InChI is InChI=1S/C20H36N6O3.HI/c1-7-21-18(22-11-10-16-24-17(14(2)3)25-29-16)23-15-9-8-12-26(13-15)19(27)28-20(4,5)6;/h14-15H,7-13H2,1-6H3,(H2,21,22,23);1H. The smallest absolute Gasteiger partial charge is 0.410 e. The van der Waals surface area contributed by atoms with Gasteiger partial charge in [-0.25, -0.2) is 4.79 Å². The summed E-state index contributed by atoms with van der Waals surface area (Å²) in [6, 6.07) is 0.130. The molecule has 1 atom stereocenters. The Balaban J connectivity index is 0.00000450. The molecule has 1 aromatic rings. The quantitative estimate of drug-likeness (QED) is 0.327. The second-order valence-corrected chi connectivity index (χ2v) is 8.62. The fourth-order valence-corrected chi connectivity index (χ4v) is 2.97. The second kappa shape index (κ2) is 12.3. The zero-order valence-electron chi connectivity index (χ0n) is 19.0. The molecule has 2 rings (SSSR count). The maximum atomic E-state index is 12.4. The fraction of sp³-hybridized carbons (Fsp3) is 0.800. The van der Waals surface area contributed by atoms with Crippen LogP contribution in [0.4, 0.5) is 4.79 Å². The average Bonchev–Trinajstić information content (AvgIpc) is 3.10. The van der Waals surface area contributed by atoms with Crippen molar-refractivity contribution in [2.45, 2.75) is 78.4 Å². The molecule has 0 aliphatic carbocycles. The van der Waals surface area contributed by atoms with Gasteiger partial charge in [-0.2, -0.15) is 4.98 Å². The highest BCUT2D eigenvalue weighted by Crippen LogP contribution is 2.15. The molecule has 172 valence electrons. The summed E-state index contributed by atoms with van der Waals surface area (Å²) in [5.74, 6) is 2.29. The minimum atomic E-state index is -0.488. The number of carbonyl (C=O) groups is 1. The molecule has 0 radical (unpaired) electrons. The SMILES string of the molecule is CCNC(=NCCc1nc(C(C)C)no1)NC1CCCN(C(=O)OC(C)(C)C)C1.I. The number of aromatic nitrogens is 2. The Morgan fingerprint density at radius 1 is 1.40 bits per heavy atom. The molecule has 1 aliphatic heterocycles. The zero-order valence-corrected chi connectivity index (χ0v) is 21.4. The number of amides is 1.